The second-order valence-electron chi connectivity index (χ2n) is 18.0. The minimum absolute atomic E-state index is 0.0103. The normalized spacial score (nSPS) is 45.2. The van der Waals surface area contributed by atoms with Crippen LogP contribution in [-0.2, 0) is 33.2 Å². The number of allylic oxidation sites excluding steroid dienone is 12. The molecule has 0 aliphatic carbocycles. The van der Waals surface area contributed by atoms with Crippen molar-refractivity contribution in [3.05, 3.63) is 85.1 Å². The number of methoxy groups -OCH3 is 1. The highest BCUT2D eigenvalue weighted by Crippen LogP contribution is 2.40. The summed E-state index contributed by atoms with van der Waals surface area (Å²) in [7, 11) is 3.66. The van der Waals surface area contributed by atoms with Gasteiger partial charge < -0.3 is 74.6 Å². The lowest BCUT2D eigenvalue weighted by Gasteiger charge is -2.46. The van der Waals surface area contributed by atoms with Crippen molar-refractivity contribution in [2.24, 2.45) is 11.8 Å². The van der Waals surface area contributed by atoms with E-state index >= 15 is 0 Å². The Hall–Kier alpha value is -3.17. The maximum absolute atomic E-state index is 12.7. The summed E-state index contributed by atoms with van der Waals surface area (Å²) in [4.78, 5) is 25.3. The van der Waals surface area contributed by atoms with Crippen LogP contribution in [0.3, 0.4) is 0 Å². The van der Waals surface area contributed by atoms with Crippen molar-refractivity contribution >= 4 is 21.5 Å². The fourth-order valence-electron chi connectivity index (χ4n) is 8.59. The molecular formula is C48H75N2O16P. The molecule has 1 amide bonds. The summed E-state index contributed by atoms with van der Waals surface area (Å²) in [5, 5.41) is 92.6. The highest BCUT2D eigenvalue weighted by atomic mass is 31.0. The van der Waals surface area contributed by atoms with Crippen molar-refractivity contribution in [1.82, 2.24) is 10.4 Å². The van der Waals surface area contributed by atoms with E-state index < -0.39 is 128 Å². The number of esters is 1. The van der Waals surface area contributed by atoms with Crippen LogP contribution in [0.1, 0.15) is 79.1 Å². The van der Waals surface area contributed by atoms with Crippen LogP contribution in [0.5, 0.6) is 0 Å². The maximum atomic E-state index is 12.7. The number of rotatable bonds is 4. The lowest BCUT2D eigenvalue weighted by molar-refractivity contribution is -0.307. The van der Waals surface area contributed by atoms with Gasteiger partial charge >= 0.3 is 12.1 Å². The van der Waals surface area contributed by atoms with E-state index in [1.807, 2.05) is 67.7 Å². The average molecular weight is 967 g/mol. The number of nitrogens with one attached hydrogen (secondary N) is 2. The van der Waals surface area contributed by atoms with Crippen LogP contribution in [0.4, 0.5) is 4.79 Å². The van der Waals surface area contributed by atoms with Gasteiger partial charge in [-0.25, -0.2) is 4.79 Å². The van der Waals surface area contributed by atoms with E-state index in [1.165, 1.54) is 7.11 Å². The fourth-order valence-corrected chi connectivity index (χ4v) is 8.98. The third kappa shape index (κ3) is 17.6. The van der Waals surface area contributed by atoms with Crippen molar-refractivity contribution in [1.29, 1.82) is 0 Å². The van der Waals surface area contributed by atoms with Crippen LogP contribution in [0.25, 0.3) is 0 Å². The van der Waals surface area contributed by atoms with E-state index in [-0.39, 0.29) is 50.9 Å². The van der Waals surface area contributed by atoms with Crippen molar-refractivity contribution in [2.75, 3.05) is 7.11 Å². The van der Waals surface area contributed by atoms with Gasteiger partial charge in [0.1, 0.15) is 18.3 Å². The van der Waals surface area contributed by atoms with Gasteiger partial charge in [-0.15, -0.1) is 0 Å². The number of alkyl carbamates (subject to hydrolysis) is 1. The molecule has 0 saturated carbocycles. The van der Waals surface area contributed by atoms with Crippen molar-refractivity contribution in [3.8, 4) is 0 Å². The second kappa shape index (κ2) is 27.9. The number of carbonyl (C=O) groups excluding carboxylic acids is 2. The van der Waals surface area contributed by atoms with Crippen molar-refractivity contribution in [3.63, 3.8) is 0 Å². The predicted molar refractivity (Wildman–Crippen MR) is 250 cm³/mol. The lowest BCUT2D eigenvalue weighted by Crippen LogP contribution is -2.62. The summed E-state index contributed by atoms with van der Waals surface area (Å²) in [5.74, 6) is -2.93. The second-order valence-corrected chi connectivity index (χ2v) is 18.4. The van der Waals surface area contributed by atoms with Gasteiger partial charge in [-0.05, 0) is 33.1 Å². The molecule has 2 bridgehead atoms. The minimum Gasteiger partial charge on any atom is -0.462 e. The molecule has 6 unspecified atom stereocenters. The standard InChI is InChI=1S/C48H75N2O16P/c1-28-18-16-14-12-10-8-6-7-9-11-13-15-17-19-35(64-46-45(59)42(50-67)44(58)31(4)63-46)25-38-41-39(65-47(60)49-41)27-48(61-5,66-38)26-34(53)23-37(55)36(54)21-20-32(51)22-33(52)24-40(56)62-30(3)29(2)43(28)57/h6-19,28-39,41-46,50-55,57-59H,20-27,67H2,1-5H3,(H,49,60)/b7-6+,10-8+,11-9+,14-12+,15-13+,18-16+,19-17+/t28-,29-,30-,31?,32+,33+,34-,35-,36+,37+,38-,39-,41-,42?,43+,44?,45?,46?,48+/m0/s1. The zero-order chi connectivity index (χ0) is 49.3. The summed E-state index contributed by atoms with van der Waals surface area (Å²) >= 11 is 0. The number of aliphatic hydroxyl groups excluding tert-OH is 8. The number of aliphatic hydroxyl groups is 8. The molecule has 0 aromatic carbocycles. The molecule has 4 heterocycles. The zero-order valence-corrected chi connectivity index (χ0v) is 40.2. The maximum Gasteiger partial charge on any atom is 0.407 e. The predicted octanol–water partition coefficient (Wildman–Crippen LogP) is 2.20. The molecule has 19 heteroatoms. The molecule has 0 aromatic rings. The Kier molecular flexibility index (Phi) is 23.5. The molecule has 378 valence electrons. The average Bonchev–Trinajstić information content (AvgIpc) is 3.66. The Morgan fingerprint density at radius 1 is 0.672 bits per heavy atom. The summed E-state index contributed by atoms with van der Waals surface area (Å²) in [6, 6.07) is -1.47. The van der Waals surface area contributed by atoms with Gasteiger partial charge in [0.2, 0.25) is 0 Å². The number of fused-ring (bicyclic) bond motifs is 4. The quantitative estimate of drug-likeness (QED) is 0.143. The molecular weight excluding hydrogens is 892 g/mol. The fraction of sp³-hybridized carbons (Fsp3) is 0.667. The van der Waals surface area contributed by atoms with E-state index in [2.05, 4.69) is 19.8 Å². The number of ether oxygens (including phenoxy) is 6. The molecule has 4 rings (SSSR count). The zero-order valence-electron chi connectivity index (χ0n) is 39.1. The van der Waals surface area contributed by atoms with Gasteiger partial charge in [0, 0.05) is 44.6 Å². The molecule has 0 spiro atoms. The monoisotopic (exact) mass is 966 g/mol. The van der Waals surface area contributed by atoms with Gasteiger partial charge in [-0.3, -0.25) is 9.88 Å². The van der Waals surface area contributed by atoms with Crippen LogP contribution in [0.2, 0.25) is 0 Å². The van der Waals surface area contributed by atoms with E-state index in [0.717, 1.165) is 0 Å². The Labute approximate surface area is 396 Å². The van der Waals surface area contributed by atoms with Gasteiger partial charge in [-0.2, -0.15) is 0 Å². The number of hydrogen-bond acceptors (Lipinski definition) is 17. The Morgan fingerprint density at radius 2 is 1.28 bits per heavy atom. The summed E-state index contributed by atoms with van der Waals surface area (Å²) in [6.07, 6.45) is 8.90. The van der Waals surface area contributed by atoms with E-state index in [4.69, 9.17) is 28.4 Å². The topological polar surface area (TPSA) is 275 Å². The first-order valence-corrected chi connectivity index (χ1v) is 23.7. The summed E-state index contributed by atoms with van der Waals surface area (Å²) < 4.78 is 35.9. The first-order chi connectivity index (χ1) is 31.9. The number of hydrogen-bond donors (Lipinski definition) is 10. The number of carbonyl (C=O) groups is 2. The third-order valence-corrected chi connectivity index (χ3v) is 13.1. The Bertz CT molecular complexity index is 1740. The highest BCUT2D eigenvalue weighted by molar-refractivity contribution is 7.13. The number of cyclic esters (lactones) is 1. The molecule has 4 aliphatic rings. The molecule has 3 saturated heterocycles. The first-order valence-electron chi connectivity index (χ1n) is 23.2. The minimum atomic E-state index is -1.54. The highest BCUT2D eigenvalue weighted by Gasteiger charge is 2.54. The van der Waals surface area contributed by atoms with Crippen LogP contribution in [0, 0.1) is 11.8 Å². The Balaban J connectivity index is 1.56. The van der Waals surface area contributed by atoms with Crippen molar-refractivity contribution < 1.29 is 78.9 Å². The largest absolute Gasteiger partial charge is 0.462 e. The van der Waals surface area contributed by atoms with E-state index in [9.17, 15) is 50.4 Å². The molecule has 0 aromatic heterocycles. The molecule has 20 atom stereocenters. The van der Waals surface area contributed by atoms with Crippen LogP contribution >= 0.6 is 9.39 Å². The van der Waals surface area contributed by atoms with Gasteiger partial charge in [0.05, 0.1) is 79.5 Å². The van der Waals surface area contributed by atoms with E-state index in [1.54, 1.807) is 45.1 Å². The van der Waals surface area contributed by atoms with Gasteiger partial charge in [0.15, 0.2) is 12.1 Å². The van der Waals surface area contributed by atoms with Crippen LogP contribution in [-0.4, -0.2) is 164 Å². The molecule has 3 fully saturated rings. The smallest absolute Gasteiger partial charge is 0.407 e. The number of amides is 1. The molecule has 4 aliphatic heterocycles. The summed E-state index contributed by atoms with van der Waals surface area (Å²) in [6.45, 7) is 6.94. The molecule has 67 heavy (non-hydrogen) atoms. The van der Waals surface area contributed by atoms with Gasteiger partial charge in [0.25, 0.3) is 0 Å². The molecule has 10 N–H and O–H groups in total. The third-order valence-electron chi connectivity index (χ3n) is 12.7. The Morgan fingerprint density at radius 3 is 1.90 bits per heavy atom. The molecule has 0 radical (unpaired) electrons. The van der Waals surface area contributed by atoms with Crippen LogP contribution in [0.15, 0.2) is 85.1 Å². The van der Waals surface area contributed by atoms with Crippen molar-refractivity contribution in [2.45, 2.75) is 183 Å². The van der Waals surface area contributed by atoms with Crippen LogP contribution < -0.4 is 10.4 Å². The molecule has 18 nitrogen and oxygen atoms in total. The lowest BCUT2D eigenvalue weighted by atomic mass is 9.87. The van der Waals surface area contributed by atoms with E-state index in [0.29, 0.717) is 0 Å². The first kappa shape index (κ1) is 56.4. The van der Waals surface area contributed by atoms with Gasteiger partial charge in [-0.1, -0.05) is 108 Å². The SMILES string of the molecule is CO[C@]12C[C@@H](O)C[C@@H](O)[C@H](O)CC[C@@H](O)C[C@@H](O)CC(=O)O[C@@H](C)[C@H](C)[C@H](O)[C@@H](C)/C=C/C=C/C=C/C=C/C=C/C=C/C=C/[C@H](OC3OC(C)C(O)C(NP)C3O)C[C@H](O1)[C@@H]1NC(=O)O[C@H]1C2. The summed E-state index contributed by atoms with van der Waals surface area (Å²) in [5.41, 5.74) is 0.